The number of rotatable bonds is 6. The Kier molecular flexibility index (Phi) is 7.23. The highest BCUT2D eigenvalue weighted by Gasteiger charge is 2.39. The Labute approximate surface area is 186 Å². The van der Waals surface area contributed by atoms with Crippen molar-refractivity contribution < 1.29 is 14.2 Å². The average molecular weight is 431 g/mol. The maximum atomic E-state index is 5.71. The second-order valence-electron chi connectivity index (χ2n) is 8.85. The number of hydrogen-bond donors (Lipinski definition) is 1. The van der Waals surface area contributed by atoms with Gasteiger partial charge in [0.1, 0.15) is 0 Å². The van der Waals surface area contributed by atoms with E-state index in [4.69, 9.17) is 19.2 Å². The highest BCUT2D eigenvalue weighted by atomic mass is 16.5. The molecular weight excluding hydrogens is 392 g/mol. The van der Waals surface area contributed by atoms with E-state index >= 15 is 0 Å². The summed E-state index contributed by atoms with van der Waals surface area (Å²) in [6, 6.07) is 4.24. The van der Waals surface area contributed by atoms with Gasteiger partial charge in [-0.15, -0.1) is 0 Å². The number of methoxy groups -OCH3 is 2. The number of benzene rings is 1. The van der Waals surface area contributed by atoms with Gasteiger partial charge >= 0.3 is 0 Å². The van der Waals surface area contributed by atoms with Crippen molar-refractivity contribution in [3.8, 4) is 11.5 Å². The number of guanidine groups is 1. The number of ether oxygens (including phenoxy) is 3. The van der Waals surface area contributed by atoms with Crippen molar-refractivity contribution in [2.75, 3.05) is 60.2 Å². The van der Waals surface area contributed by atoms with Crippen LogP contribution >= 0.6 is 0 Å². The van der Waals surface area contributed by atoms with Gasteiger partial charge in [0.05, 0.1) is 20.8 Å². The van der Waals surface area contributed by atoms with E-state index in [0.29, 0.717) is 0 Å². The Morgan fingerprint density at radius 1 is 1.06 bits per heavy atom. The molecule has 3 aliphatic rings. The van der Waals surface area contributed by atoms with Crippen LogP contribution in [-0.4, -0.2) is 81.5 Å². The standard InChI is InChI=1S/C24H38N4O3/c1-4-25-23(26-18-24(8-13-31-14-9-24)28-10-5-6-11-28)27-12-7-19-15-21(29-2)22(30-3)16-20(19)17-27/h15-16H,4-14,17-18H2,1-3H3,(H,25,26). The zero-order chi connectivity index (χ0) is 21.7. The van der Waals surface area contributed by atoms with Crippen LogP contribution in [0.1, 0.15) is 43.7 Å². The van der Waals surface area contributed by atoms with Gasteiger partial charge in [0.2, 0.25) is 0 Å². The fourth-order valence-electron chi connectivity index (χ4n) is 5.23. The molecule has 3 heterocycles. The maximum Gasteiger partial charge on any atom is 0.194 e. The molecule has 1 aromatic carbocycles. The SMILES string of the molecule is CCNC(=NCC1(N2CCCC2)CCOCC1)N1CCc2cc(OC)c(OC)cc2C1. The molecule has 1 aromatic rings. The van der Waals surface area contributed by atoms with Crippen LogP contribution in [0.3, 0.4) is 0 Å². The smallest absolute Gasteiger partial charge is 0.194 e. The van der Waals surface area contributed by atoms with E-state index in [1.165, 1.54) is 37.1 Å². The molecule has 7 nitrogen and oxygen atoms in total. The maximum absolute atomic E-state index is 5.71. The van der Waals surface area contributed by atoms with Gasteiger partial charge in [0, 0.05) is 38.4 Å². The number of hydrogen-bond acceptors (Lipinski definition) is 5. The van der Waals surface area contributed by atoms with Crippen molar-refractivity contribution >= 4 is 5.96 Å². The van der Waals surface area contributed by atoms with Crippen LogP contribution in [0.2, 0.25) is 0 Å². The third-order valence-corrected chi connectivity index (χ3v) is 7.08. The molecule has 0 amide bonds. The molecule has 0 aromatic heterocycles. The normalized spacial score (nSPS) is 21.6. The minimum absolute atomic E-state index is 0.152. The van der Waals surface area contributed by atoms with E-state index in [1.54, 1.807) is 14.2 Å². The fourth-order valence-corrected chi connectivity index (χ4v) is 5.23. The predicted octanol–water partition coefficient (Wildman–Crippen LogP) is 2.67. The number of nitrogens with zero attached hydrogens (tertiary/aromatic N) is 3. The third-order valence-electron chi connectivity index (χ3n) is 7.08. The van der Waals surface area contributed by atoms with Crippen molar-refractivity contribution in [2.45, 2.75) is 51.1 Å². The van der Waals surface area contributed by atoms with Gasteiger partial charge in [-0.05, 0) is 75.4 Å². The summed E-state index contributed by atoms with van der Waals surface area (Å²) in [5.41, 5.74) is 2.78. The van der Waals surface area contributed by atoms with Gasteiger partial charge in [-0.2, -0.15) is 0 Å². The molecule has 0 unspecified atom stereocenters. The predicted molar refractivity (Wildman–Crippen MR) is 123 cm³/mol. The average Bonchev–Trinajstić information content (AvgIpc) is 3.37. The van der Waals surface area contributed by atoms with Crippen LogP contribution in [0.15, 0.2) is 17.1 Å². The zero-order valence-electron chi connectivity index (χ0n) is 19.4. The molecule has 0 radical (unpaired) electrons. The van der Waals surface area contributed by atoms with Gasteiger partial charge in [0.15, 0.2) is 17.5 Å². The first-order chi connectivity index (χ1) is 15.2. The molecule has 0 aliphatic carbocycles. The zero-order valence-corrected chi connectivity index (χ0v) is 19.4. The van der Waals surface area contributed by atoms with Crippen molar-refractivity contribution in [2.24, 2.45) is 4.99 Å². The number of likely N-dealkylation sites (tertiary alicyclic amines) is 1. The lowest BCUT2D eigenvalue weighted by molar-refractivity contribution is -0.0140. The lowest BCUT2D eigenvalue weighted by atomic mass is 9.88. The molecule has 0 saturated carbocycles. The summed E-state index contributed by atoms with van der Waals surface area (Å²) in [7, 11) is 3.39. The summed E-state index contributed by atoms with van der Waals surface area (Å²) in [6.07, 6.45) is 5.75. The molecule has 0 spiro atoms. The summed E-state index contributed by atoms with van der Waals surface area (Å²) >= 11 is 0. The molecule has 172 valence electrons. The van der Waals surface area contributed by atoms with E-state index in [2.05, 4.69) is 34.2 Å². The number of nitrogens with one attached hydrogen (secondary N) is 1. The highest BCUT2D eigenvalue weighted by Crippen LogP contribution is 2.34. The van der Waals surface area contributed by atoms with Crippen LogP contribution in [0.4, 0.5) is 0 Å². The van der Waals surface area contributed by atoms with Crippen LogP contribution in [0, 0.1) is 0 Å². The van der Waals surface area contributed by atoms with Crippen molar-refractivity contribution in [1.82, 2.24) is 15.1 Å². The Hall–Kier alpha value is -1.99. The first-order valence-corrected chi connectivity index (χ1v) is 11.8. The minimum Gasteiger partial charge on any atom is -0.493 e. The van der Waals surface area contributed by atoms with Crippen LogP contribution in [0.5, 0.6) is 11.5 Å². The van der Waals surface area contributed by atoms with Gasteiger partial charge in [-0.1, -0.05) is 0 Å². The highest BCUT2D eigenvalue weighted by molar-refractivity contribution is 5.80. The molecule has 1 N–H and O–H groups in total. The lowest BCUT2D eigenvalue weighted by Crippen LogP contribution is -2.54. The molecule has 0 bridgehead atoms. The Balaban J connectivity index is 1.54. The molecule has 7 heteroatoms. The third kappa shape index (κ3) is 4.77. The van der Waals surface area contributed by atoms with E-state index in [1.807, 2.05) is 0 Å². The molecule has 31 heavy (non-hydrogen) atoms. The largest absolute Gasteiger partial charge is 0.493 e. The first kappa shape index (κ1) is 22.2. The van der Waals surface area contributed by atoms with E-state index in [-0.39, 0.29) is 5.54 Å². The van der Waals surface area contributed by atoms with Crippen LogP contribution in [0.25, 0.3) is 0 Å². The van der Waals surface area contributed by atoms with Gasteiger partial charge in [-0.3, -0.25) is 9.89 Å². The molecule has 4 rings (SSSR count). The van der Waals surface area contributed by atoms with Gasteiger partial charge < -0.3 is 24.4 Å². The molecule has 2 fully saturated rings. The second kappa shape index (κ2) is 10.1. The molecule has 3 aliphatic heterocycles. The summed E-state index contributed by atoms with van der Waals surface area (Å²) < 4.78 is 16.7. The topological polar surface area (TPSA) is 58.6 Å². The molecule has 2 saturated heterocycles. The Bertz CT molecular complexity index is 770. The number of aliphatic imine (C=N–C) groups is 1. The van der Waals surface area contributed by atoms with Gasteiger partial charge in [-0.25, -0.2) is 0 Å². The van der Waals surface area contributed by atoms with Crippen LogP contribution < -0.4 is 14.8 Å². The lowest BCUT2D eigenvalue weighted by Gasteiger charge is -2.44. The fraction of sp³-hybridized carbons (Fsp3) is 0.708. The summed E-state index contributed by atoms with van der Waals surface area (Å²) in [4.78, 5) is 10.3. The van der Waals surface area contributed by atoms with E-state index < -0.39 is 0 Å². The van der Waals surface area contributed by atoms with Crippen molar-refractivity contribution in [1.29, 1.82) is 0 Å². The first-order valence-electron chi connectivity index (χ1n) is 11.8. The second-order valence-corrected chi connectivity index (χ2v) is 8.85. The van der Waals surface area contributed by atoms with E-state index in [9.17, 15) is 0 Å². The Morgan fingerprint density at radius 3 is 2.39 bits per heavy atom. The quantitative estimate of drug-likeness (QED) is 0.553. The summed E-state index contributed by atoms with van der Waals surface area (Å²) in [5, 5.41) is 3.55. The van der Waals surface area contributed by atoms with Gasteiger partial charge in [0.25, 0.3) is 0 Å². The van der Waals surface area contributed by atoms with E-state index in [0.717, 1.165) is 76.1 Å². The minimum atomic E-state index is 0.152. The van der Waals surface area contributed by atoms with Crippen LogP contribution in [-0.2, 0) is 17.7 Å². The molecular formula is C24H38N4O3. The van der Waals surface area contributed by atoms with Crippen molar-refractivity contribution in [3.05, 3.63) is 23.3 Å². The molecule has 0 atom stereocenters. The summed E-state index contributed by atoms with van der Waals surface area (Å²) in [5.74, 6) is 2.62. The Morgan fingerprint density at radius 2 is 1.74 bits per heavy atom. The van der Waals surface area contributed by atoms with Crippen molar-refractivity contribution in [3.63, 3.8) is 0 Å². The monoisotopic (exact) mass is 430 g/mol. The number of fused-ring (bicyclic) bond motifs is 1. The summed E-state index contributed by atoms with van der Waals surface area (Å²) in [6.45, 7) is 9.74.